The Morgan fingerprint density at radius 1 is 1.00 bits per heavy atom. The lowest BCUT2D eigenvalue weighted by molar-refractivity contribution is -0.111. The van der Waals surface area contributed by atoms with E-state index in [4.69, 9.17) is 14.2 Å². The van der Waals surface area contributed by atoms with Crippen LogP contribution >= 0.6 is 0 Å². The van der Waals surface area contributed by atoms with Gasteiger partial charge in [0.1, 0.15) is 11.5 Å². The first-order valence-corrected chi connectivity index (χ1v) is 8.65. The molecule has 7 heteroatoms. The van der Waals surface area contributed by atoms with Crippen LogP contribution in [0.5, 0.6) is 11.5 Å². The van der Waals surface area contributed by atoms with Gasteiger partial charge in [-0.25, -0.2) is 0 Å². The smallest absolute Gasteiger partial charge is 0.253 e. The minimum atomic E-state index is -0.362. The first-order chi connectivity index (χ1) is 13.6. The van der Waals surface area contributed by atoms with Gasteiger partial charge in [-0.2, -0.15) is 0 Å². The molecule has 0 heterocycles. The second-order valence-corrected chi connectivity index (χ2v) is 5.76. The van der Waals surface area contributed by atoms with E-state index in [0.717, 1.165) is 5.56 Å². The predicted molar refractivity (Wildman–Crippen MR) is 108 cm³/mol. The Morgan fingerprint density at radius 2 is 1.68 bits per heavy atom. The number of anilines is 1. The summed E-state index contributed by atoms with van der Waals surface area (Å²) in [7, 11) is 4.68. The molecule has 2 N–H and O–H groups in total. The maximum Gasteiger partial charge on any atom is 0.253 e. The molecule has 0 fully saturated rings. The molecular formula is C21H24N2O5. The molecule has 0 atom stereocenters. The summed E-state index contributed by atoms with van der Waals surface area (Å²) in [5.74, 6) is 0.600. The second kappa shape index (κ2) is 10.7. The van der Waals surface area contributed by atoms with Crippen molar-refractivity contribution in [3.05, 3.63) is 59.7 Å². The maximum atomic E-state index is 12.3. The van der Waals surface area contributed by atoms with Crippen molar-refractivity contribution in [1.82, 2.24) is 5.32 Å². The normalized spacial score (nSPS) is 10.5. The van der Waals surface area contributed by atoms with Gasteiger partial charge < -0.3 is 24.8 Å². The molecule has 28 heavy (non-hydrogen) atoms. The lowest BCUT2D eigenvalue weighted by atomic mass is 10.1. The van der Waals surface area contributed by atoms with Crippen LogP contribution in [0.4, 0.5) is 5.69 Å². The number of carbonyl (C=O) groups excluding carboxylic acids is 2. The topological polar surface area (TPSA) is 85.9 Å². The highest BCUT2D eigenvalue weighted by molar-refractivity contribution is 6.07. The number of carbonyl (C=O) groups is 2. The highest BCUT2D eigenvalue weighted by Crippen LogP contribution is 2.23. The molecule has 7 nitrogen and oxygen atoms in total. The monoisotopic (exact) mass is 384 g/mol. The first kappa shape index (κ1) is 21.0. The van der Waals surface area contributed by atoms with Gasteiger partial charge in [-0.05, 0) is 35.9 Å². The van der Waals surface area contributed by atoms with Gasteiger partial charge in [0, 0.05) is 25.8 Å². The molecule has 0 aliphatic rings. The number of hydrogen-bond acceptors (Lipinski definition) is 5. The van der Waals surface area contributed by atoms with Gasteiger partial charge >= 0.3 is 0 Å². The van der Waals surface area contributed by atoms with E-state index in [2.05, 4.69) is 10.6 Å². The van der Waals surface area contributed by atoms with Crippen molar-refractivity contribution in [1.29, 1.82) is 0 Å². The first-order valence-electron chi connectivity index (χ1n) is 8.65. The fourth-order valence-electron chi connectivity index (χ4n) is 2.42. The van der Waals surface area contributed by atoms with E-state index in [0.29, 0.717) is 35.9 Å². The van der Waals surface area contributed by atoms with Crippen LogP contribution in [0.1, 0.15) is 15.9 Å². The quantitative estimate of drug-likeness (QED) is 0.513. The highest BCUT2D eigenvalue weighted by atomic mass is 16.5. The average molecular weight is 384 g/mol. The summed E-state index contributed by atoms with van der Waals surface area (Å²) in [6.45, 7) is 0.794. The van der Waals surface area contributed by atoms with Crippen molar-refractivity contribution in [2.45, 2.75) is 0 Å². The molecule has 2 aromatic carbocycles. The van der Waals surface area contributed by atoms with E-state index < -0.39 is 0 Å². The summed E-state index contributed by atoms with van der Waals surface area (Å²) in [6, 6.07) is 12.1. The summed E-state index contributed by atoms with van der Waals surface area (Å²) in [6.07, 6.45) is 3.02. The van der Waals surface area contributed by atoms with E-state index in [1.165, 1.54) is 6.08 Å². The third-order valence-electron chi connectivity index (χ3n) is 3.82. The Kier molecular flexibility index (Phi) is 8.05. The number of nitrogens with one attached hydrogen (secondary N) is 2. The lowest BCUT2D eigenvalue weighted by Gasteiger charge is -2.10. The summed E-state index contributed by atoms with van der Waals surface area (Å²) < 4.78 is 15.3. The number of rotatable bonds is 9. The molecule has 148 valence electrons. The fourth-order valence-corrected chi connectivity index (χ4v) is 2.42. The number of amides is 2. The van der Waals surface area contributed by atoms with Crippen molar-refractivity contribution >= 4 is 23.6 Å². The molecule has 0 aliphatic heterocycles. The van der Waals surface area contributed by atoms with Gasteiger partial charge in [0.25, 0.3) is 5.91 Å². The van der Waals surface area contributed by atoms with Crippen LogP contribution < -0.4 is 20.1 Å². The summed E-state index contributed by atoms with van der Waals surface area (Å²) in [4.78, 5) is 24.6. The van der Waals surface area contributed by atoms with Crippen LogP contribution in [0.25, 0.3) is 6.08 Å². The molecule has 2 rings (SSSR count). The van der Waals surface area contributed by atoms with Crippen LogP contribution in [0.3, 0.4) is 0 Å². The van der Waals surface area contributed by atoms with Gasteiger partial charge in [0.05, 0.1) is 32.1 Å². The molecular weight excluding hydrogens is 360 g/mol. The number of para-hydroxylation sites is 1. The van der Waals surface area contributed by atoms with Gasteiger partial charge in [0.15, 0.2) is 0 Å². The van der Waals surface area contributed by atoms with Crippen molar-refractivity contribution in [2.75, 3.05) is 39.8 Å². The molecule has 0 aromatic heterocycles. The van der Waals surface area contributed by atoms with E-state index >= 15 is 0 Å². The Bertz CT molecular complexity index is 826. The zero-order valence-corrected chi connectivity index (χ0v) is 16.2. The van der Waals surface area contributed by atoms with Crippen molar-refractivity contribution in [3.8, 4) is 11.5 Å². The summed E-state index contributed by atoms with van der Waals surface area (Å²) in [5, 5.41) is 5.46. The largest absolute Gasteiger partial charge is 0.497 e. The minimum Gasteiger partial charge on any atom is -0.497 e. The van der Waals surface area contributed by atoms with Crippen molar-refractivity contribution in [3.63, 3.8) is 0 Å². The molecule has 0 saturated heterocycles. The highest BCUT2D eigenvalue weighted by Gasteiger charge is 2.11. The standard InChI is InChI=1S/C21H24N2O5/c1-26-11-10-22-21(25)18-6-4-5-7-19(18)23-20(24)9-8-15-12-16(27-2)14-17(13-15)28-3/h4-9,12-14H,10-11H2,1-3H3,(H,22,25)(H,23,24)/b9-8+. The van der Waals surface area contributed by atoms with Crippen molar-refractivity contribution in [2.24, 2.45) is 0 Å². The Hall–Kier alpha value is -3.32. The lowest BCUT2D eigenvalue weighted by Crippen LogP contribution is -2.28. The minimum absolute atomic E-state index is 0.283. The third-order valence-corrected chi connectivity index (χ3v) is 3.82. The van der Waals surface area contributed by atoms with Crippen LogP contribution in [0, 0.1) is 0 Å². The van der Waals surface area contributed by atoms with Crippen molar-refractivity contribution < 1.29 is 23.8 Å². The van der Waals surface area contributed by atoms with E-state index in [-0.39, 0.29) is 11.8 Å². The summed E-state index contributed by atoms with van der Waals surface area (Å²) in [5.41, 5.74) is 1.55. The maximum absolute atomic E-state index is 12.3. The SMILES string of the molecule is COCCNC(=O)c1ccccc1NC(=O)/C=C/c1cc(OC)cc(OC)c1. The predicted octanol–water partition coefficient (Wildman–Crippen LogP) is 2.73. The van der Waals surface area contributed by atoms with E-state index in [1.54, 1.807) is 69.9 Å². The average Bonchev–Trinajstić information content (AvgIpc) is 2.72. The summed E-state index contributed by atoms with van der Waals surface area (Å²) >= 11 is 0. The second-order valence-electron chi connectivity index (χ2n) is 5.76. The number of benzene rings is 2. The molecule has 0 bridgehead atoms. The molecule has 2 amide bonds. The molecule has 0 saturated carbocycles. The Morgan fingerprint density at radius 3 is 2.32 bits per heavy atom. The molecule has 0 spiro atoms. The number of hydrogen-bond donors (Lipinski definition) is 2. The fraction of sp³-hybridized carbons (Fsp3) is 0.238. The van der Waals surface area contributed by atoms with Crippen LogP contribution in [0.15, 0.2) is 48.5 Å². The molecule has 0 radical (unpaired) electrons. The zero-order chi connectivity index (χ0) is 20.4. The molecule has 0 unspecified atom stereocenters. The number of ether oxygens (including phenoxy) is 3. The molecule has 0 aliphatic carbocycles. The van der Waals surface area contributed by atoms with E-state index in [1.807, 2.05) is 0 Å². The van der Waals surface area contributed by atoms with Crippen LogP contribution in [0.2, 0.25) is 0 Å². The van der Waals surface area contributed by atoms with Gasteiger partial charge in [-0.3, -0.25) is 9.59 Å². The number of methoxy groups -OCH3 is 3. The third kappa shape index (κ3) is 6.14. The van der Waals surface area contributed by atoms with Crippen LogP contribution in [-0.4, -0.2) is 46.3 Å². The zero-order valence-electron chi connectivity index (χ0n) is 16.2. The van der Waals surface area contributed by atoms with Gasteiger partial charge in [-0.15, -0.1) is 0 Å². The molecule has 2 aromatic rings. The Labute approximate surface area is 164 Å². The van der Waals surface area contributed by atoms with E-state index in [9.17, 15) is 9.59 Å². The van der Waals surface area contributed by atoms with Gasteiger partial charge in [0.2, 0.25) is 5.91 Å². The Balaban J connectivity index is 2.09. The van der Waals surface area contributed by atoms with Gasteiger partial charge in [-0.1, -0.05) is 12.1 Å². The van der Waals surface area contributed by atoms with Crippen LogP contribution in [-0.2, 0) is 9.53 Å².